The van der Waals surface area contributed by atoms with Gasteiger partial charge in [0, 0.05) is 25.1 Å². The van der Waals surface area contributed by atoms with Crippen molar-refractivity contribution in [3.05, 3.63) is 71.8 Å². The molecule has 2 nitrogen and oxygen atoms in total. The summed E-state index contributed by atoms with van der Waals surface area (Å²) in [7, 11) is 0. The molecule has 0 radical (unpaired) electrons. The topological polar surface area (TPSA) is 23.5 Å². The van der Waals surface area contributed by atoms with E-state index in [1.807, 2.05) is 0 Å². The van der Waals surface area contributed by atoms with Gasteiger partial charge in [-0.2, -0.15) is 0 Å². The van der Waals surface area contributed by atoms with Gasteiger partial charge in [0.1, 0.15) is 0 Å². The summed E-state index contributed by atoms with van der Waals surface area (Å²) in [5.41, 5.74) is 2.67. The summed E-state index contributed by atoms with van der Waals surface area (Å²) in [6, 6.07) is 21.6. The molecule has 1 N–H and O–H groups in total. The Balaban J connectivity index is 1.85. The smallest absolute Gasteiger partial charge is 0.0477 e. The molecule has 1 heterocycles. The van der Waals surface area contributed by atoms with Crippen molar-refractivity contribution in [2.24, 2.45) is 5.92 Å². The molecule has 1 saturated heterocycles. The van der Waals surface area contributed by atoms with Crippen LogP contribution in [0.25, 0.3) is 0 Å². The van der Waals surface area contributed by atoms with Crippen LogP contribution in [-0.4, -0.2) is 23.2 Å². The van der Waals surface area contributed by atoms with Gasteiger partial charge in [-0.1, -0.05) is 60.7 Å². The normalized spacial score (nSPS) is 23.1. The number of benzene rings is 2. The lowest BCUT2D eigenvalue weighted by atomic mass is 9.85. The highest BCUT2D eigenvalue weighted by Crippen LogP contribution is 2.36. The number of rotatable bonds is 4. The molecule has 2 aromatic rings. The van der Waals surface area contributed by atoms with Gasteiger partial charge < -0.3 is 5.11 Å². The van der Waals surface area contributed by atoms with Crippen LogP contribution < -0.4 is 0 Å². The van der Waals surface area contributed by atoms with Gasteiger partial charge in [0.25, 0.3) is 0 Å². The zero-order valence-corrected chi connectivity index (χ0v) is 12.4. The SMILES string of the molecule is OC[C@@H]1CCCN(Cc2ccccc2)[C@H]1c1ccccc1. The minimum Gasteiger partial charge on any atom is -0.396 e. The van der Waals surface area contributed by atoms with Gasteiger partial charge in [-0.05, 0) is 30.5 Å². The van der Waals surface area contributed by atoms with Crippen LogP contribution in [0.1, 0.15) is 30.0 Å². The quantitative estimate of drug-likeness (QED) is 0.925. The van der Waals surface area contributed by atoms with Crippen LogP contribution >= 0.6 is 0 Å². The van der Waals surface area contributed by atoms with Crippen LogP contribution in [0.15, 0.2) is 60.7 Å². The molecule has 0 spiro atoms. The van der Waals surface area contributed by atoms with E-state index in [0.717, 1.165) is 19.5 Å². The second kappa shape index (κ2) is 6.88. The second-order valence-corrected chi connectivity index (χ2v) is 5.90. The van der Waals surface area contributed by atoms with Crippen molar-refractivity contribution in [3.63, 3.8) is 0 Å². The van der Waals surface area contributed by atoms with E-state index in [2.05, 4.69) is 65.6 Å². The van der Waals surface area contributed by atoms with Crippen LogP contribution in [0, 0.1) is 5.92 Å². The highest BCUT2D eigenvalue weighted by molar-refractivity contribution is 5.22. The third-order valence-corrected chi connectivity index (χ3v) is 4.46. The van der Waals surface area contributed by atoms with Crippen LogP contribution in [0.2, 0.25) is 0 Å². The van der Waals surface area contributed by atoms with E-state index in [0.29, 0.717) is 12.0 Å². The summed E-state index contributed by atoms with van der Waals surface area (Å²) >= 11 is 0. The monoisotopic (exact) mass is 281 g/mol. The van der Waals surface area contributed by atoms with E-state index >= 15 is 0 Å². The van der Waals surface area contributed by atoms with Gasteiger partial charge >= 0.3 is 0 Å². The molecule has 0 aromatic heterocycles. The third-order valence-electron chi connectivity index (χ3n) is 4.46. The fourth-order valence-electron chi connectivity index (χ4n) is 3.47. The summed E-state index contributed by atoms with van der Waals surface area (Å²) in [5.74, 6) is 0.338. The van der Waals surface area contributed by atoms with Gasteiger partial charge in [0.15, 0.2) is 0 Å². The van der Waals surface area contributed by atoms with Crippen molar-refractivity contribution >= 4 is 0 Å². The number of hydrogen-bond acceptors (Lipinski definition) is 2. The second-order valence-electron chi connectivity index (χ2n) is 5.90. The number of likely N-dealkylation sites (tertiary alicyclic amines) is 1. The average Bonchev–Trinajstić information content (AvgIpc) is 2.56. The molecule has 0 saturated carbocycles. The Morgan fingerprint density at radius 2 is 1.62 bits per heavy atom. The number of aliphatic hydroxyl groups is 1. The summed E-state index contributed by atoms with van der Waals surface area (Å²) in [5, 5.41) is 9.78. The fraction of sp³-hybridized carbons (Fsp3) is 0.368. The Labute approximate surface area is 127 Å². The lowest BCUT2D eigenvalue weighted by Gasteiger charge is -2.41. The zero-order valence-electron chi connectivity index (χ0n) is 12.4. The largest absolute Gasteiger partial charge is 0.396 e. The van der Waals surface area contributed by atoms with Crippen LogP contribution in [-0.2, 0) is 6.54 Å². The highest BCUT2D eigenvalue weighted by Gasteiger charge is 2.31. The molecule has 1 aliphatic rings. The maximum Gasteiger partial charge on any atom is 0.0477 e. The molecule has 3 rings (SSSR count). The minimum absolute atomic E-state index is 0.269. The van der Waals surface area contributed by atoms with Crippen LogP contribution in [0.5, 0.6) is 0 Å². The van der Waals surface area contributed by atoms with Gasteiger partial charge in [0.05, 0.1) is 0 Å². The molecule has 2 heteroatoms. The van der Waals surface area contributed by atoms with Crippen molar-refractivity contribution in [1.29, 1.82) is 0 Å². The molecule has 1 fully saturated rings. The van der Waals surface area contributed by atoms with Gasteiger partial charge in [-0.25, -0.2) is 0 Å². The van der Waals surface area contributed by atoms with Crippen molar-refractivity contribution in [1.82, 2.24) is 4.90 Å². The van der Waals surface area contributed by atoms with Gasteiger partial charge in [0.2, 0.25) is 0 Å². The maximum absolute atomic E-state index is 9.78. The molecule has 21 heavy (non-hydrogen) atoms. The Morgan fingerprint density at radius 3 is 2.29 bits per heavy atom. The third kappa shape index (κ3) is 3.34. The molecule has 0 unspecified atom stereocenters. The van der Waals surface area contributed by atoms with Gasteiger partial charge in [-0.3, -0.25) is 4.90 Å². The van der Waals surface area contributed by atoms with E-state index in [1.54, 1.807) is 0 Å². The highest BCUT2D eigenvalue weighted by atomic mass is 16.3. The lowest BCUT2D eigenvalue weighted by molar-refractivity contribution is 0.0494. The van der Waals surface area contributed by atoms with E-state index in [-0.39, 0.29) is 6.61 Å². The van der Waals surface area contributed by atoms with Crippen LogP contribution in [0.4, 0.5) is 0 Å². The van der Waals surface area contributed by atoms with E-state index in [9.17, 15) is 5.11 Å². The first-order valence-electron chi connectivity index (χ1n) is 7.82. The molecule has 0 bridgehead atoms. The first-order valence-corrected chi connectivity index (χ1v) is 7.82. The number of aliphatic hydroxyl groups excluding tert-OH is 1. The average molecular weight is 281 g/mol. The Bertz CT molecular complexity index is 540. The Kier molecular flexibility index (Phi) is 4.69. The van der Waals surface area contributed by atoms with Crippen molar-refractivity contribution < 1.29 is 5.11 Å². The molecular formula is C19H23NO. The van der Waals surface area contributed by atoms with E-state index in [4.69, 9.17) is 0 Å². The van der Waals surface area contributed by atoms with Crippen molar-refractivity contribution in [3.8, 4) is 0 Å². The van der Waals surface area contributed by atoms with Crippen molar-refractivity contribution in [2.45, 2.75) is 25.4 Å². The number of piperidine rings is 1. The molecule has 110 valence electrons. The van der Waals surface area contributed by atoms with Gasteiger partial charge in [-0.15, -0.1) is 0 Å². The summed E-state index contributed by atoms with van der Waals surface area (Å²) < 4.78 is 0. The first-order chi connectivity index (χ1) is 10.4. The molecule has 2 atom stereocenters. The molecule has 0 amide bonds. The summed E-state index contributed by atoms with van der Waals surface area (Å²) in [6.45, 7) is 2.33. The first kappa shape index (κ1) is 14.3. The molecule has 0 aliphatic carbocycles. The predicted molar refractivity (Wildman–Crippen MR) is 85.8 cm³/mol. The van der Waals surface area contributed by atoms with E-state index in [1.165, 1.54) is 17.5 Å². The lowest BCUT2D eigenvalue weighted by Crippen LogP contribution is -2.39. The molecule has 2 aromatic carbocycles. The molecular weight excluding hydrogens is 258 g/mol. The fourth-order valence-corrected chi connectivity index (χ4v) is 3.47. The number of nitrogens with zero attached hydrogens (tertiary/aromatic N) is 1. The Morgan fingerprint density at radius 1 is 0.952 bits per heavy atom. The zero-order chi connectivity index (χ0) is 14.5. The predicted octanol–water partition coefficient (Wildman–Crippen LogP) is 3.63. The number of hydrogen-bond donors (Lipinski definition) is 1. The summed E-state index contributed by atoms with van der Waals surface area (Å²) in [6.07, 6.45) is 2.28. The standard InChI is InChI=1S/C19H23NO/c21-15-18-12-7-13-20(14-16-8-3-1-4-9-16)19(18)17-10-5-2-6-11-17/h1-6,8-11,18-19,21H,7,12-15H2/t18-,19-/m0/s1. The van der Waals surface area contributed by atoms with Crippen molar-refractivity contribution in [2.75, 3.05) is 13.2 Å². The van der Waals surface area contributed by atoms with Crippen LogP contribution in [0.3, 0.4) is 0 Å². The summed E-state index contributed by atoms with van der Waals surface area (Å²) in [4.78, 5) is 2.52. The van der Waals surface area contributed by atoms with E-state index < -0.39 is 0 Å². The minimum atomic E-state index is 0.269. The Hall–Kier alpha value is -1.64. The molecule has 1 aliphatic heterocycles. The maximum atomic E-state index is 9.78.